The Bertz CT molecular complexity index is 266. The highest BCUT2D eigenvalue weighted by atomic mass is 35.5. The lowest BCUT2D eigenvalue weighted by Crippen LogP contribution is -3.09. The van der Waals surface area contributed by atoms with E-state index in [2.05, 4.69) is 25.8 Å². The summed E-state index contributed by atoms with van der Waals surface area (Å²) in [6.07, 6.45) is 2.32. The third-order valence-electron chi connectivity index (χ3n) is 2.79. The zero-order valence-electron chi connectivity index (χ0n) is 12.1. The second-order valence-electron chi connectivity index (χ2n) is 5.39. The summed E-state index contributed by atoms with van der Waals surface area (Å²) in [7, 11) is 0. The Kier molecular flexibility index (Phi) is 13.8. The van der Waals surface area contributed by atoms with Crippen LogP contribution in [0.3, 0.4) is 0 Å². The zero-order valence-corrected chi connectivity index (χ0v) is 14.4. The van der Waals surface area contributed by atoms with Crippen molar-refractivity contribution in [1.29, 1.82) is 0 Å². The van der Waals surface area contributed by atoms with Crippen molar-refractivity contribution in [3.63, 3.8) is 0 Å². The van der Waals surface area contributed by atoms with Crippen LogP contribution < -0.4 is 17.3 Å². The van der Waals surface area contributed by atoms with Gasteiger partial charge in [0.2, 0.25) is 0 Å². The molecule has 0 aliphatic rings. The van der Waals surface area contributed by atoms with Crippen LogP contribution in [0.5, 0.6) is 0 Å². The van der Waals surface area contributed by atoms with Gasteiger partial charge in [0.25, 0.3) is 0 Å². The van der Waals surface area contributed by atoms with Gasteiger partial charge < -0.3 is 17.5 Å². The third kappa shape index (κ3) is 13.1. The van der Waals surface area contributed by atoms with Crippen LogP contribution in [0, 0.1) is 17.9 Å². The molecule has 0 saturated heterocycles. The van der Waals surface area contributed by atoms with Crippen molar-refractivity contribution in [2.24, 2.45) is 5.92 Å². The Hall–Kier alpha value is 0.350. The summed E-state index contributed by atoms with van der Waals surface area (Å²) in [6.45, 7) is 7.75. The summed E-state index contributed by atoms with van der Waals surface area (Å²) in [5.41, 5.74) is -0.690. The van der Waals surface area contributed by atoms with Gasteiger partial charge >= 0.3 is 0 Å². The van der Waals surface area contributed by atoms with Gasteiger partial charge in [0.05, 0.1) is 17.4 Å². The van der Waals surface area contributed by atoms with Gasteiger partial charge in [-0.2, -0.15) is 0 Å². The first-order valence-electron chi connectivity index (χ1n) is 6.59. The van der Waals surface area contributed by atoms with Crippen LogP contribution in [0.4, 0.5) is 0 Å². The van der Waals surface area contributed by atoms with E-state index in [0.29, 0.717) is 24.1 Å². The standard InChI is InChI=1S/C14H25Cl2NO.ClH/c1-13(2)5-7-14(3,18)6-4-10-17(11-8-15)12-9-16;/h13,18H,5-9,11-12H2,1-3H3;1H. The summed E-state index contributed by atoms with van der Waals surface area (Å²) >= 11 is 11.4. The van der Waals surface area contributed by atoms with Crippen LogP contribution in [0.15, 0.2) is 0 Å². The van der Waals surface area contributed by atoms with Gasteiger partial charge in [0, 0.05) is 6.42 Å². The van der Waals surface area contributed by atoms with E-state index in [4.69, 9.17) is 23.2 Å². The van der Waals surface area contributed by atoms with Crippen molar-refractivity contribution >= 4 is 23.2 Å². The molecule has 0 fully saturated rings. The number of rotatable bonds is 8. The lowest BCUT2D eigenvalue weighted by Gasteiger charge is -2.21. The van der Waals surface area contributed by atoms with E-state index in [1.165, 1.54) is 0 Å². The molecule has 0 radical (unpaired) electrons. The second-order valence-corrected chi connectivity index (χ2v) is 6.15. The molecule has 0 saturated carbocycles. The van der Waals surface area contributed by atoms with Crippen LogP contribution in [-0.2, 0) is 0 Å². The summed E-state index contributed by atoms with van der Waals surface area (Å²) in [5.74, 6) is 4.82. The first-order valence-corrected chi connectivity index (χ1v) is 7.66. The lowest BCUT2D eigenvalue weighted by molar-refractivity contribution is -0.824. The SMILES string of the molecule is CC(C)CCC(C)(O)CC#C[NH+](CCCl)CCCl.[Cl-]. The maximum absolute atomic E-state index is 10.2. The fourth-order valence-electron chi connectivity index (χ4n) is 1.53. The molecule has 0 aliphatic heterocycles. The fourth-order valence-corrected chi connectivity index (χ4v) is 1.98. The molecule has 0 aliphatic carbocycles. The first-order chi connectivity index (χ1) is 8.41. The molecular formula is C14H26Cl3NO. The van der Waals surface area contributed by atoms with Gasteiger partial charge in [-0.15, -0.1) is 23.2 Å². The van der Waals surface area contributed by atoms with E-state index >= 15 is 0 Å². The molecule has 0 bridgehead atoms. The zero-order chi connectivity index (χ0) is 14.0. The van der Waals surface area contributed by atoms with Crippen LogP contribution in [0.2, 0.25) is 0 Å². The molecule has 1 unspecified atom stereocenters. The molecular weight excluding hydrogens is 305 g/mol. The summed E-state index contributed by atoms with van der Waals surface area (Å²) in [5, 5.41) is 10.2. The minimum atomic E-state index is -0.690. The number of hydrogen-bond acceptors (Lipinski definition) is 1. The monoisotopic (exact) mass is 329 g/mol. The van der Waals surface area contributed by atoms with Gasteiger partial charge in [-0.25, -0.2) is 0 Å². The molecule has 19 heavy (non-hydrogen) atoms. The van der Waals surface area contributed by atoms with Crippen molar-refractivity contribution in [3.05, 3.63) is 0 Å². The highest BCUT2D eigenvalue weighted by Gasteiger charge is 2.19. The number of halogens is 3. The number of quaternary nitrogens is 1. The van der Waals surface area contributed by atoms with Crippen LogP contribution in [0.25, 0.3) is 0 Å². The number of alkyl halides is 2. The minimum Gasteiger partial charge on any atom is -1.00 e. The summed E-state index contributed by atoms with van der Waals surface area (Å²) in [6, 6.07) is 3.10. The largest absolute Gasteiger partial charge is 1.00 e. The van der Waals surface area contributed by atoms with Gasteiger partial charge in [-0.05, 0) is 31.6 Å². The quantitative estimate of drug-likeness (QED) is 0.428. The molecule has 0 aromatic rings. The van der Waals surface area contributed by atoms with E-state index in [-0.39, 0.29) is 12.4 Å². The van der Waals surface area contributed by atoms with Crippen molar-refractivity contribution in [2.75, 3.05) is 24.8 Å². The molecule has 2 nitrogen and oxygen atoms in total. The van der Waals surface area contributed by atoms with E-state index < -0.39 is 5.60 Å². The van der Waals surface area contributed by atoms with Gasteiger partial charge in [0.1, 0.15) is 19.1 Å². The maximum Gasteiger partial charge on any atom is 0.135 e. The molecule has 0 rings (SSSR count). The molecule has 0 aromatic carbocycles. The van der Waals surface area contributed by atoms with Crippen molar-refractivity contribution in [3.8, 4) is 12.0 Å². The molecule has 114 valence electrons. The molecule has 0 heterocycles. The maximum atomic E-state index is 10.2. The Morgan fingerprint density at radius 2 is 1.74 bits per heavy atom. The molecule has 0 spiro atoms. The average Bonchev–Trinajstić information content (AvgIpc) is 2.27. The fraction of sp³-hybridized carbons (Fsp3) is 0.857. The summed E-state index contributed by atoms with van der Waals surface area (Å²) < 4.78 is 0. The molecule has 5 heteroatoms. The van der Waals surface area contributed by atoms with Crippen molar-refractivity contribution in [2.45, 2.75) is 45.6 Å². The van der Waals surface area contributed by atoms with E-state index in [1.807, 2.05) is 6.92 Å². The van der Waals surface area contributed by atoms with E-state index in [9.17, 15) is 5.11 Å². The Morgan fingerprint density at radius 3 is 2.16 bits per heavy atom. The predicted molar refractivity (Wildman–Crippen MR) is 79.2 cm³/mol. The highest BCUT2D eigenvalue weighted by Crippen LogP contribution is 2.18. The van der Waals surface area contributed by atoms with Crippen molar-refractivity contribution in [1.82, 2.24) is 0 Å². The molecule has 2 N–H and O–H groups in total. The van der Waals surface area contributed by atoms with Crippen LogP contribution >= 0.6 is 23.2 Å². The lowest BCUT2D eigenvalue weighted by atomic mass is 9.93. The number of aliphatic hydroxyl groups is 1. The van der Waals surface area contributed by atoms with E-state index in [0.717, 1.165) is 30.8 Å². The van der Waals surface area contributed by atoms with Crippen LogP contribution in [-0.4, -0.2) is 35.6 Å². The average molecular weight is 331 g/mol. The number of nitrogens with one attached hydrogen (secondary N) is 1. The third-order valence-corrected chi connectivity index (χ3v) is 3.17. The first kappa shape index (κ1) is 21.6. The smallest absolute Gasteiger partial charge is 0.135 e. The topological polar surface area (TPSA) is 24.7 Å². The Balaban J connectivity index is 0. The van der Waals surface area contributed by atoms with Crippen LogP contribution in [0.1, 0.15) is 40.0 Å². The van der Waals surface area contributed by atoms with Gasteiger partial charge in [-0.3, -0.25) is 4.90 Å². The highest BCUT2D eigenvalue weighted by molar-refractivity contribution is 6.18. The molecule has 0 aromatic heterocycles. The van der Waals surface area contributed by atoms with Crippen molar-refractivity contribution < 1.29 is 22.4 Å². The Labute approximate surface area is 134 Å². The van der Waals surface area contributed by atoms with E-state index in [1.54, 1.807) is 0 Å². The Morgan fingerprint density at radius 1 is 1.21 bits per heavy atom. The molecule has 0 amide bonds. The predicted octanol–water partition coefficient (Wildman–Crippen LogP) is -1.11. The summed E-state index contributed by atoms with van der Waals surface area (Å²) in [4.78, 5) is 1.08. The normalized spacial score (nSPS) is 13.7. The number of hydrogen-bond donors (Lipinski definition) is 2. The van der Waals surface area contributed by atoms with Gasteiger partial charge in [-0.1, -0.05) is 13.8 Å². The molecule has 1 atom stereocenters. The second kappa shape index (κ2) is 12.1. The van der Waals surface area contributed by atoms with Gasteiger partial charge in [0.15, 0.2) is 0 Å². The minimum absolute atomic E-state index is 0.